The zero-order valence-corrected chi connectivity index (χ0v) is 14.8. The molecule has 2 rings (SSSR count). The number of hydrogen-bond acceptors (Lipinski definition) is 6. The summed E-state index contributed by atoms with van der Waals surface area (Å²) in [6, 6.07) is 8.17. The van der Waals surface area contributed by atoms with Crippen LogP contribution in [0.5, 0.6) is 11.5 Å². The van der Waals surface area contributed by atoms with Crippen LogP contribution in [0.15, 0.2) is 41.4 Å². The van der Waals surface area contributed by atoms with Crippen LogP contribution in [0, 0.1) is 0 Å². The van der Waals surface area contributed by atoms with Crippen molar-refractivity contribution in [3.8, 4) is 11.5 Å². The van der Waals surface area contributed by atoms with E-state index in [0.29, 0.717) is 17.3 Å². The monoisotopic (exact) mass is 351 g/mol. The number of benzene rings is 1. The molecule has 130 valence electrons. The van der Waals surface area contributed by atoms with E-state index in [1.165, 1.54) is 26.5 Å². The van der Waals surface area contributed by atoms with Crippen molar-refractivity contribution in [3.63, 3.8) is 0 Å². The molecular formula is C16H21N3O4S. The quantitative estimate of drug-likeness (QED) is 0.797. The third-order valence-corrected chi connectivity index (χ3v) is 4.52. The van der Waals surface area contributed by atoms with Crippen LogP contribution in [0.3, 0.4) is 0 Å². The number of pyridine rings is 1. The minimum Gasteiger partial charge on any atom is -0.497 e. The van der Waals surface area contributed by atoms with Crippen LogP contribution in [-0.4, -0.2) is 33.7 Å². The topological polar surface area (TPSA) is 89.5 Å². The van der Waals surface area contributed by atoms with E-state index in [4.69, 9.17) is 9.47 Å². The van der Waals surface area contributed by atoms with Gasteiger partial charge in [-0.1, -0.05) is 0 Å². The van der Waals surface area contributed by atoms with Crippen molar-refractivity contribution in [2.75, 3.05) is 24.3 Å². The van der Waals surface area contributed by atoms with Crippen molar-refractivity contribution >= 4 is 21.5 Å². The molecule has 1 aromatic carbocycles. The lowest BCUT2D eigenvalue weighted by Gasteiger charge is -2.13. The predicted octanol–water partition coefficient (Wildman–Crippen LogP) is 2.72. The molecule has 0 saturated carbocycles. The Morgan fingerprint density at radius 2 is 1.83 bits per heavy atom. The first-order valence-corrected chi connectivity index (χ1v) is 8.81. The van der Waals surface area contributed by atoms with Gasteiger partial charge in [0.05, 0.1) is 26.1 Å². The molecular weight excluding hydrogens is 330 g/mol. The van der Waals surface area contributed by atoms with Crippen molar-refractivity contribution in [1.82, 2.24) is 4.98 Å². The summed E-state index contributed by atoms with van der Waals surface area (Å²) in [5.74, 6) is 1.33. The van der Waals surface area contributed by atoms with E-state index >= 15 is 0 Å². The average Bonchev–Trinajstić information content (AvgIpc) is 2.55. The van der Waals surface area contributed by atoms with Crippen molar-refractivity contribution in [2.24, 2.45) is 0 Å². The van der Waals surface area contributed by atoms with Gasteiger partial charge in [-0.25, -0.2) is 13.4 Å². The van der Waals surface area contributed by atoms with E-state index in [1.807, 2.05) is 13.8 Å². The van der Waals surface area contributed by atoms with Crippen LogP contribution < -0.4 is 19.5 Å². The molecule has 0 aliphatic carbocycles. The Bertz CT molecular complexity index is 789. The Hall–Kier alpha value is -2.48. The Labute approximate surface area is 142 Å². The van der Waals surface area contributed by atoms with Crippen molar-refractivity contribution < 1.29 is 17.9 Å². The van der Waals surface area contributed by atoms with Gasteiger partial charge < -0.3 is 14.8 Å². The molecule has 0 fully saturated rings. The fourth-order valence-electron chi connectivity index (χ4n) is 2.04. The number of sulfonamides is 1. The molecule has 1 heterocycles. The third-order valence-electron chi connectivity index (χ3n) is 3.11. The lowest BCUT2D eigenvalue weighted by atomic mass is 10.3. The smallest absolute Gasteiger partial charge is 0.265 e. The highest BCUT2D eigenvalue weighted by Crippen LogP contribution is 2.29. The molecule has 2 aromatic rings. The SMILES string of the molecule is COc1ccc(OC)c(S(=O)(=O)Nc2ccc(NC(C)C)nc2)c1. The molecule has 24 heavy (non-hydrogen) atoms. The molecule has 2 N–H and O–H groups in total. The number of nitrogens with zero attached hydrogens (tertiary/aromatic N) is 1. The van der Waals surface area contributed by atoms with Crippen molar-refractivity contribution in [1.29, 1.82) is 0 Å². The van der Waals surface area contributed by atoms with Crippen LogP contribution in [0.4, 0.5) is 11.5 Å². The van der Waals surface area contributed by atoms with Gasteiger partial charge in [0.2, 0.25) is 0 Å². The largest absolute Gasteiger partial charge is 0.497 e. The Balaban J connectivity index is 2.28. The van der Waals surface area contributed by atoms with Crippen LogP contribution >= 0.6 is 0 Å². The predicted molar refractivity (Wildman–Crippen MR) is 93.4 cm³/mol. The lowest BCUT2D eigenvalue weighted by molar-refractivity contribution is 0.392. The lowest BCUT2D eigenvalue weighted by Crippen LogP contribution is -2.15. The molecule has 0 unspecified atom stereocenters. The maximum atomic E-state index is 12.6. The normalized spacial score (nSPS) is 11.2. The summed E-state index contributed by atoms with van der Waals surface area (Å²) in [6.45, 7) is 3.99. The molecule has 0 aliphatic heterocycles. The average molecular weight is 351 g/mol. The fourth-order valence-corrected chi connectivity index (χ4v) is 3.27. The number of ether oxygens (including phenoxy) is 2. The van der Waals surface area contributed by atoms with Gasteiger partial charge in [0, 0.05) is 12.1 Å². The minimum absolute atomic E-state index is 0.00580. The molecule has 1 aromatic heterocycles. The first kappa shape index (κ1) is 17.9. The summed E-state index contributed by atoms with van der Waals surface area (Å²) in [6.07, 6.45) is 1.45. The van der Waals surface area contributed by atoms with Crippen LogP contribution in [-0.2, 0) is 10.0 Å². The van der Waals surface area contributed by atoms with Gasteiger partial charge in [0.25, 0.3) is 10.0 Å². The molecule has 0 atom stereocenters. The number of hydrogen-bond donors (Lipinski definition) is 2. The fraction of sp³-hybridized carbons (Fsp3) is 0.312. The molecule has 0 saturated heterocycles. The maximum absolute atomic E-state index is 12.6. The second-order valence-electron chi connectivity index (χ2n) is 5.35. The van der Waals surface area contributed by atoms with Crippen molar-refractivity contribution in [2.45, 2.75) is 24.8 Å². The van der Waals surface area contributed by atoms with Gasteiger partial charge in [-0.05, 0) is 38.1 Å². The van der Waals surface area contributed by atoms with Gasteiger partial charge in [-0.2, -0.15) is 0 Å². The van der Waals surface area contributed by atoms with Crippen LogP contribution in [0.1, 0.15) is 13.8 Å². The number of aromatic nitrogens is 1. The summed E-state index contributed by atoms with van der Waals surface area (Å²) < 4.78 is 37.9. The Morgan fingerprint density at radius 3 is 2.38 bits per heavy atom. The highest BCUT2D eigenvalue weighted by molar-refractivity contribution is 7.92. The zero-order valence-electron chi connectivity index (χ0n) is 14.0. The van der Waals surface area contributed by atoms with Gasteiger partial charge in [0.1, 0.15) is 22.2 Å². The highest BCUT2D eigenvalue weighted by Gasteiger charge is 2.21. The molecule has 0 aliphatic rings. The van der Waals surface area contributed by atoms with Gasteiger partial charge >= 0.3 is 0 Å². The second-order valence-corrected chi connectivity index (χ2v) is 7.00. The van der Waals surface area contributed by atoms with E-state index in [9.17, 15) is 8.42 Å². The van der Waals surface area contributed by atoms with E-state index in [-0.39, 0.29) is 16.7 Å². The number of rotatable bonds is 7. The molecule has 0 spiro atoms. The molecule has 0 bridgehead atoms. The highest BCUT2D eigenvalue weighted by atomic mass is 32.2. The van der Waals surface area contributed by atoms with E-state index in [0.717, 1.165) is 0 Å². The molecule has 8 heteroatoms. The number of anilines is 2. The van der Waals surface area contributed by atoms with E-state index in [2.05, 4.69) is 15.0 Å². The summed E-state index contributed by atoms with van der Waals surface area (Å²) in [5.41, 5.74) is 0.356. The minimum atomic E-state index is -3.84. The summed E-state index contributed by atoms with van der Waals surface area (Å²) in [7, 11) is -0.960. The first-order chi connectivity index (χ1) is 11.4. The number of nitrogens with one attached hydrogen (secondary N) is 2. The van der Waals surface area contributed by atoms with E-state index in [1.54, 1.807) is 24.3 Å². The van der Waals surface area contributed by atoms with Crippen LogP contribution in [0.25, 0.3) is 0 Å². The summed E-state index contributed by atoms with van der Waals surface area (Å²) in [5, 5.41) is 3.13. The number of methoxy groups -OCH3 is 2. The second kappa shape index (κ2) is 7.39. The van der Waals surface area contributed by atoms with E-state index < -0.39 is 10.0 Å². The first-order valence-electron chi connectivity index (χ1n) is 7.33. The molecule has 0 amide bonds. The molecule has 7 nitrogen and oxygen atoms in total. The summed E-state index contributed by atoms with van der Waals surface area (Å²) in [4.78, 5) is 4.17. The maximum Gasteiger partial charge on any atom is 0.265 e. The third kappa shape index (κ3) is 4.29. The Morgan fingerprint density at radius 1 is 1.08 bits per heavy atom. The Kier molecular flexibility index (Phi) is 5.50. The van der Waals surface area contributed by atoms with Gasteiger partial charge in [-0.3, -0.25) is 4.72 Å². The van der Waals surface area contributed by atoms with Crippen LogP contribution in [0.2, 0.25) is 0 Å². The van der Waals surface area contributed by atoms with Gasteiger partial charge in [-0.15, -0.1) is 0 Å². The van der Waals surface area contributed by atoms with Crippen molar-refractivity contribution in [3.05, 3.63) is 36.5 Å². The van der Waals surface area contributed by atoms with Gasteiger partial charge in [0.15, 0.2) is 0 Å². The molecule has 0 radical (unpaired) electrons. The standard InChI is InChI=1S/C16H21N3O4S/c1-11(2)18-16-8-5-12(10-17-16)19-24(20,21)15-9-13(22-3)6-7-14(15)23-4/h5-11,19H,1-4H3,(H,17,18). The zero-order chi connectivity index (χ0) is 17.7. The summed E-state index contributed by atoms with van der Waals surface area (Å²) >= 11 is 0.